The maximum atomic E-state index is 11.1. The number of nitrogen functional groups attached to an aromatic ring is 1. The van der Waals surface area contributed by atoms with E-state index < -0.39 is 18.6 Å². The Labute approximate surface area is 92.4 Å². The number of carbonyl (C=O) groups excluding carboxylic acids is 1. The summed E-state index contributed by atoms with van der Waals surface area (Å²) in [5, 5.41) is 17.7. The summed E-state index contributed by atoms with van der Waals surface area (Å²) in [4.78, 5) is 11.1. The molecule has 0 radical (unpaired) electrons. The number of ether oxygens (including phenoxy) is 1. The SMILES string of the molecule is NC(=O)c1cccc(N)c1OCC(O)CO. The van der Waals surface area contributed by atoms with E-state index in [0.29, 0.717) is 0 Å². The monoisotopic (exact) mass is 226 g/mol. The average molecular weight is 226 g/mol. The highest BCUT2D eigenvalue weighted by Gasteiger charge is 2.13. The maximum absolute atomic E-state index is 11.1. The van der Waals surface area contributed by atoms with Crippen molar-refractivity contribution < 1.29 is 19.7 Å². The topological polar surface area (TPSA) is 119 Å². The lowest BCUT2D eigenvalue weighted by molar-refractivity contribution is 0.0534. The van der Waals surface area contributed by atoms with Gasteiger partial charge < -0.3 is 26.4 Å². The highest BCUT2D eigenvalue weighted by Crippen LogP contribution is 2.25. The summed E-state index contributed by atoms with van der Waals surface area (Å²) in [5.74, 6) is -0.539. The second-order valence-corrected chi connectivity index (χ2v) is 3.24. The molecular formula is C10H14N2O4. The van der Waals surface area contributed by atoms with Gasteiger partial charge in [0.1, 0.15) is 12.7 Å². The zero-order chi connectivity index (χ0) is 12.1. The number of aliphatic hydroxyl groups is 2. The fourth-order valence-corrected chi connectivity index (χ4v) is 1.14. The molecule has 0 aromatic heterocycles. The number of hydrogen-bond acceptors (Lipinski definition) is 5. The smallest absolute Gasteiger partial charge is 0.252 e. The fraction of sp³-hybridized carbons (Fsp3) is 0.300. The van der Waals surface area contributed by atoms with E-state index in [-0.39, 0.29) is 23.6 Å². The van der Waals surface area contributed by atoms with Crippen LogP contribution < -0.4 is 16.2 Å². The lowest BCUT2D eigenvalue weighted by atomic mass is 10.1. The van der Waals surface area contributed by atoms with Gasteiger partial charge in [0, 0.05) is 0 Å². The number of aliphatic hydroxyl groups excluding tert-OH is 2. The molecule has 1 rings (SSSR count). The van der Waals surface area contributed by atoms with Crippen molar-refractivity contribution in [2.45, 2.75) is 6.10 Å². The van der Waals surface area contributed by atoms with E-state index in [2.05, 4.69) is 0 Å². The Balaban J connectivity index is 2.88. The normalized spacial score (nSPS) is 12.1. The van der Waals surface area contributed by atoms with Crippen molar-refractivity contribution in [2.24, 2.45) is 5.73 Å². The maximum Gasteiger partial charge on any atom is 0.252 e. The van der Waals surface area contributed by atoms with E-state index in [0.717, 1.165) is 0 Å². The van der Waals surface area contributed by atoms with Gasteiger partial charge in [-0.2, -0.15) is 0 Å². The molecule has 1 atom stereocenters. The summed E-state index contributed by atoms with van der Waals surface area (Å²) < 4.78 is 5.15. The molecule has 0 heterocycles. The molecule has 1 aromatic carbocycles. The molecule has 1 amide bonds. The van der Waals surface area contributed by atoms with Gasteiger partial charge in [-0.05, 0) is 12.1 Å². The molecule has 1 aromatic rings. The fourth-order valence-electron chi connectivity index (χ4n) is 1.14. The molecule has 0 bridgehead atoms. The van der Waals surface area contributed by atoms with Gasteiger partial charge in [0.05, 0.1) is 17.9 Å². The van der Waals surface area contributed by atoms with Crippen LogP contribution in [-0.4, -0.2) is 35.4 Å². The van der Waals surface area contributed by atoms with E-state index in [4.69, 9.17) is 26.4 Å². The molecular weight excluding hydrogens is 212 g/mol. The van der Waals surface area contributed by atoms with Crippen molar-refractivity contribution in [1.82, 2.24) is 0 Å². The Bertz CT molecular complexity index is 381. The first-order valence-electron chi connectivity index (χ1n) is 4.66. The third-order valence-corrected chi connectivity index (χ3v) is 1.94. The number of benzene rings is 1. The summed E-state index contributed by atoms with van der Waals surface area (Å²) in [6.45, 7) is -0.594. The quantitative estimate of drug-likeness (QED) is 0.485. The first-order valence-corrected chi connectivity index (χ1v) is 4.66. The summed E-state index contributed by atoms with van der Waals surface area (Å²) in [5.41, 5.74) is 11.1. The van der Waals surface area contributed by atoms with Gasteiger partial charge in [-0.15, -0.1) is 0 Å². The zero-order valence-corrected chi connectivity index (χ0v) is 8.59. The molecule has 6 nitrogen and oxygen atoms in total. The van der Waals surface area contributed by atoms with Crippen LogP contribution in [0.1, 0.15) is 10.4 Å². The standard InChI is InChI=1S/C10H14N2O4/c11-8-3-1-2-7(10(12)15)9(8)16-5-6(14)4-13/h1-3,6,13-14H,4-5,11H2,(H2,12,15). The van der Waals surface area contributed by atoms with Crippen LogP contribution in [0.15, 0.2) is 18.2 Å². The summed E-state index contributed by atoms with van der Waals surface area (Å²) in [6, 6.07) is 4.59. The van der Waals surface area contributed by atoms with Crippen molar-refractivity contribution >= 4 is 11.6 Å². The number of carbonyl (C=O) groups is 1. The van der Waals surface area contributed by atoms with Crippen molar-refractivity contribution in [3.63, 3.8) is 0 Å². The number of primary amides is 1. The molecule has 6 heteroatoms. The van der Waals surface area contributed by atoms with Gasteiger partial charge in [-0.25, -0.2) is 0 Å². The average Bonchev–Trinajstić information content (AvgIpc) is 2.26. The van der Waals surface area contributed by atoms with Crippen LogP contribution in [0.3, 0.4) is 0 Å². The van der Waals surface area contributed by atoms with Crippen LogP contribution in [0.5, 0.6) is 5.75 Å². The first-order chi connectivity index (χ1) is 7.56. The number of amides is 1. The van der Waals surface area contributed by atoms with Crippen molar-refractivity contribution in [2.75, 3.05) is 18.9 Å². The lowest BCUT2D eigenvalue weighted by Gasteiger charge is -2.13. The van der Waals surface area contributed by atoms with Crippen molar-refractivity contribution in [3.8, 4) is 5.75 Å². The van der Waals surface area contributed by atoms with E-state index in [1.54, 1.807) is 12.1 Å². The van der Waals surface area contributed by atoms with Crippen LogP contribution in [-0.2, 0) is 0 Å². The van der Waals surface area contributed by atoms with Crippen LogP contribution in [0, 0.1) is 0 Å². The summed E-state index contributed by atoms with van der Waals surface area (Å²) >= 11 is 0. The number of hydrogen-bond donors (Lipinski definition) is 4. The van der Waals surface area contributed by atoms with E-state index in [9.17, 15) is 4.79 Å². The van der Waals surface area contributed by atoms with Gasteiger partial charge in [0.25, 0.3) is 5.91 Å². The van der Waals surface area contributed by atoms with Crippen LogP contribution in [0.4, 0.5) is 5.69 Å². The van der Waals surface area contributed by atoms with Gasteiger partial charge in [0.15, 0.2) is 5.75 Å². The molecule has 16 heavy (non-hydrogen) atoms. The minimum absolute atomic E-state index is 0.127. The number of rotatable bonds is 5. The third-order valence-electron chi connectivity index (χ3n) is 1.94. The molecule has 0 saturated carbocycles. The molecule has 0 saturated heterocycles. The number of anilines is 1. The van der Waals surface area contributed by atoms with Crippen LogP contribution in [0.25, 0.3) is 0 Å². The largest absolute Gasteiger partial charge is 0.488 e. The van der Waals surface area contributed by atoms with Gasteiger partial charge >= 0.3 is 0 Å². The predicted octanol–water partition coefficient (Wildman–Crippen LogP) is -0.900. The van der Waals surface area contributed by atoms with Crippen LogP contribution in [0.2, 0.25) is 0 Å². The molecule has 0 aliphatic heterocycles. The van der Waals surface area contributed by atoms with Crippen LogP contribution >= 0.6 is 0 Å². The van der Waals surface area contributed by atoms with E-state index >= 15 is 0 Å². The second-order valence-electron chi connectivity index (χ2n) is 3.24. The highest BCUT2D eigenvalue weighted by molar-refractivity contribution is 5.97. The van der Waals surface area contributed by atoms with E-state index in [1.807, 2.05) is 0 Å². The number of para-hydroxylation sites is 1. The Morgan fingerprint density at radius 2 is 2.19 bits per heavy atom. The summed E-state index contributed by atoms with van der Waals surface area (Å²) in [6.07, 6.45) is -1.03. The van der Waals surface area contributed by atoms with E-state index in [1.165, 1.54) is 6.07 Å². The minimum Gasteiger partial charge on any atom is -0.488 e. The van der Waals surface area contributed by atoms with Gasteiger partial charge in [-0.3, -0.25) is 4.79 Å². The minimum atomic E-state index is -1.03. The molecule has 0 fully saturated rings. The Hall–Kier alpha value is -1.79. The Morgan fingerprint density at radius 1 is 1.50 bits per heavy atom. The molecule has 0 spiro atoms. The van der Waals surface area contributed by atoms with Crippen molar-refractivity contribution in [1.29, 1.82) is 0 Å². The lowest BCUT2D eigenvalue weighted by Crippen LogP contribution is -2.23. The van der Waals surface area contributed by atoms with Gasteiger partial charge in [-0.1, -0.05) is 6.07 Å². The first kappa shape index (κ1) is 12.3. The third kappa shape index (κ3) is 2.85. The second kappa shape index (κ2) is 5.34. The number of nitrogens with two attached hydrogens (primary N) is 2. The Kier molecular flexibility index (Phi) is 4.10. The Morgan fingerprint density at radius 3 is 2.75 bits per heavy atom. The summed E-state index contributed by atoms with van der Waals surface area (Å²) in [7, 11) is 0. The molecule has 0 aliphatic rings. The molecule has 88 valence electrons. The molecule has 0 aliphatic carbocycles. The zero-order valence-electron chi connectivity index (χ0n) is 8.59. The molecule has 1 unspecified atom stereocenters. The van der Waals surface area contributed by atoms with Gasteiger partial charge in [0.2, 0.25) is 0 Å². The highest BCUT2D eigenvalue weighted by atomic mass is 16.5. The molecule has 6 N–H and O–H groups in total. The van der Waals surface area contributed by atoms with Crippen molar-refractivity contribution in [3.05, 3.63) is 23.8 Å². The predicted molar refractivity (Wildman–Crippen MR) is 58.0 cm³/mol.